The number of ether oxygens (including phenoxy) is 2. The lowest BCUT2D eigenvalue weighted by Crippen LogP contribution is -2.30. The zero-order valence-corrected chi connectivity index (χ0v) is 18.3. The average Bonchev–Trinajstić information content (AvgIpc) is 2.76. The van der Waals surface area contributed by atoms with Gasteiger partial charge in [0, 0.05) is 24.8 Å². The number of benzene rings is 2. The molecule has 2 aromatic rings. The fourth-order valence-electron chi connectivity index (χ4n) is 2.98. The number of hydrogen-bond acceptors (Lipinski definition) is 4. The maximum absolute atomic E-state index is 5.37. The molecule has 0 bridgehead atoms. The molecule has 0 aliphatic heterocycles. The van der Waals surface area contributed by atoms with Gasteiger partial charge >= 0.3 is 0 Å². The number of aliphatic imine (C=N–C) groups is 1. The van der Waals surface area contributed by atoms with Crippen LogP contribution in [0.3, 0.4) is 0 Å². The van der Waals surface area contributed by atoms with Gasteiger partial charge in [0.15, 0.2) is 17.5 Å². The van der Waals surface area contributed by atoms with Crippen LogP contribution in [0.15, 0.2) is 47.5 Å². The Hall–Kier alpha value is -2.73. The first-order valence-corrected chi connectivity index (χ1v) is 10.2. The Morgan fingerprint density at radius 3 is 2.14 bits per heavy atom. The molecule has 0 aromatic heterocycles. The van der Waals surface area contributed by atoms with Crippen LogP contribution in [0.25, 0.3) is 0 Å². The molecule has 6 nitrogen and oxygen atoms in total. The van der Waals surface area contributed by atoms with E-state index in [9.17, 15) is 0 Å². The van der Waals surface area contributed by atoms with E-state index in [-0.39, 0.29) is 0 Å². The Labute approximate surface area is 174 Å². The molecule has 0 amide bonds. The highest BCUT2D eigenvalue weighted by molar-refractivity contribution is 5.93. The van der Waals surface area contributed by atoms with E-state index >= 15 is 0 Å². The topological polar surface area (TPSA) is 58.1 Å². The van der Waals surface area contributed by atoms with Crippen molar-refractivity contribution in [3.05, 3.63) is 53.6 Å². The van der Waals surface area contributed by atoms with Crippen LogP contribution in [0.5, 0.6) is 11.5 Å². The summed E-state index contributed by atoms with van der Waals surface area (Å²) in [5.74, 6) is 2.11. The molecular formula is C23H34N4O2. The lowest BCUT2D eigenvalue weighted by molar-refractivity contribution is 0.296. The van der Waals surface area contributed by atoms with Crippen molar-refractivity contribution in [1.29, 1.82) is 0 Å². The SMILES string of the molecule is CCNC(=NCc1ccc(CN(CC)CC)cc1)Nc1ccc(OC)c(OC)c1. The van der Waals surface area contributed by atoms with Crippen molar-refractivity contribution in [1.82, 2.24) is 10.2 Å². The third kappa shape index (κ3) is 6.98. The van der Waals surface area contributed by atoms with E-state index in [4.69, 9.17) is 14.5 Å². The second-order valence-corrected chi connectivity index (χ2v) is 6.67. The summed E-state index contributed by atoms with van der Waals surface area (Å²) in [4.78, 5) is 7.12. The number of anilines is 1. The molecule has 0 heterocycles. The number of nitrogens with zero attached hydrogens (tertiary/aromatic N) is 2. The molecule has 0 atom stereocenters. The van der Waals surface area contributed by atoms with Crippen molar-refractivity contribution in [3.8, 4) is 11.5 Å². The summed E-state index contributed by atoms with van der Waals surface area (Å²) in [6.07, 6.45) is 0. The molecule has 2 aromatic carbocycles. The molecule has 29 heavy (non-hydrogen) atoms. The van der Waals surface area contributed by atoms with Gasteiger partial charge in [-0.05, 0) is 43.3 Å². The van der Waals surface area contributed by atoms with Crippen LogP contribution in [0.1, 0.15) is 31.9 Å². The maximum atomic E-state index is 5.37. The van der Waals surface area contributed by atoms with Crippen molar-refractivity contribution in [3.63, 3.8) is 0 Å². The normalized spacial score (nSPS) is 11.4. The number of nitrogens with one attached hydrogen (secondary N) is 2. The van der Waals surface area contributed by atoms with E-state index < -0.39 is 0 Å². The number of rotatable bonds is 10. The van der Waals surface area contributed by atoms with Gasteiger partial charge in [0.25, 0.3) is 0 Å². The molecule has 0 fully saturated rings. The quantitative estimate of drug-likeness (QED) is 0.466. The summed E-state index contributed by atoms with van der Waals surface area (Å²) in [5, 5.41) is 6.61. The fraction of sp³-hybridized carbons (Fsp3) is 0.435. The van der Waals surface area contributed by atoms with Gasteiger partial charge in [-0.15, -0.1) is 0 Å². The van der Waals surface area contributed by atoms with E-state index in [0.717, 1.165) is 37.8 Å². The van der Waals surface area contributed by atoms with Gasteiger partial charge in [0.2, 0.25) is 0 Å². The Kier molecular flexibility index (Phi) is 9.31. The Balaban J connectivity index is 2.05. The van der Waals surface area contributed by atoms with Gasteiger partial charge in [-0.25, -0.2) is 4.99 Å². The third-order valence-corrected chi connectivity index (χ3v) is 4.73. The van der Waals surface area contributed by atoms with Crippen LogP contribution < -0.4 is 20.1 Å². The zero-order chi connectivity index (χ0) is 21.1. The summed E-state index contributed by atoms with van der Waals surface area (Å²) in [7, 11) is 3.26. The molecule has 2 N–H and O–H groups in total. The summed E-state index contributed by atoms with van der Waals surface area (Å²) in [6.45, 7) is 10.9. The lowest BCUT2D eigenvalue weighted by Gasteiger charge is -2.18. The van der Waals surface area contributed by atoms with Crippen LogP contribution >= 0.6 is 0 Å². The largest absolute Gasteiger partial charge is 0.493 e. The number of methoxy groups -OCH3 is 2. The summed E-state index contributed by atoms with van der Waals surface area (Å²) in [6, 6.07) is 14.4. The monoisotopic (exact) mass is 398 g/mol. The molecule has 0 aliphatic carbocycles. The second-order valence-electron chi connectivity index (χ2n) is 6.67. The van der Waals surface area contributed by atoms with Crippen LogP contribution in [-0.2, 0) is 13.1 Å². The predicted molar refractivity (Wildman–Crippen MR) is 121 cm³/mol. The molecule has 0 aliphatic rings. The van der Waals surface area contributed by atoms with Gasteiger partial charge in [0.05, 0.1) is 20.8 Å². The van der Waals surface area contributed by atoms with E-state index in [1.54, 1.807) is 14.2 Å². The van der Waals surface area contributed by atoms with Crippen molar-refractivity contribution in [2.45, 2.75) is 33.9 Å². The molecule has 0 spiro atoms. The van der Waals surface area contributed by atoms with Crippen molar-refractivity contribution in [2.24, 2.45) is 4.99 Å². The highest BCUT2D eigenvalue weighted by Crippen LogP contribution is 2.29. The molecule has 0 saturated heterocycles. The van der Waals surface area contributed by atoms with E-state index in [0.29, 0.717) is 18.0 Å². The molecule has 0 saturated carbocycles. The Morgan fingerprint density at radius 1 is 0.897 bits per heavy atom. The third-order valence-electron chi connectivity index (χ3n) is 4.73. The predicted octanol–water partition coefficient (Wildman–Crippen LogP) is 4.12. The van der Waals surface area contributed by atoms with Crippen LogP contribution in [0.4, 0.5) is 5.69 Å². The number of guanidine groups is 1. The first kappa shape index (κ1) is 22.6. The van der Waals surface area contributed by atoms with Gasteiger partial charge in [0.1, 0.15) is 0 Å². The molecule has 0 unspecified atom stereocenters. The summed E-state index contributed by atoms with van der Waals surface area (Å²) >= 11 is 0. The van der Waals surface area contributed by atoms with E-state index in [2.05, 4.69) is 53.6 Å². The Morgan fingerprint density at radius 2 is 1.55 bits per heavy atom. The maximum Gasteiger partial charge on any atom is 0.196 e. The number of hydrogen-bond donors (Lipinski definition) is 2. The Bertz CT molecular complexity index is 771. The van der Waals surface area contributed by atoms with Crippen molar-refractivity contribution < 1.29 is 9.47 Å². The average molecular weight is 399 g/mol. The molecule has 158 valence electrons. The van der Waals surface area contributed by atoms with E-state index in [1.807, 2.05) is 25.1 Å². The molecule has 2 rings (SSSR count). The van der Waals surface area contributed by atoms with Gasteiger partial charge in [-0.2, -0.15) is 0 Å². The first-order chi connectivity index (χ1) is 14.1. The summed E-state index contributed by atoms with van der Waals surface area (Å²) in [5.41, 5.74) is 3.39. The summed E-state index contributed by atoms with van der Waals surface area (Å²) < 4.78 is 10.7. The van der Waals surface area contributed by atoms with Gasteiger partial charge < -0.3 is 20.1 Å². The first-order valence-electron chi connectivity index (χ1n) is 10.2. The van der Waals surface area contributed by atoms with Crippen LogP contribution in [-0.4, -0.2) is 44.7 Å². The minimum absolute atomic E-state index is 0.605. The minimum atomic E-state index is 0.605. The van der Waals surface area contributed by atoms with Crippen LogP contribution in [0.2, 0.25) is 0 Å². The fourth-order valence-corrected chi connectivity index (χ4v) is 2.98. The zero-order valence-electron chi connectivity index (χ0n) is 18.3. The van der Waals surface area contributed by atoms with Gasteiger partial charge in [-0.1, -0.05) is 38.1 Å². The minimum Gasteiger partial charge on any atom is -0.493 e. The second kappa shape index (κ2) is 12.0. The van der Waals surface area contributed by atoms with Crippen LogP contribution in [0, 0.1) is 0 Å². The van der Waals surface area contributed by atoms with Gasteiger partial charge in [-0.3, -0.25) is 4.90 Å². The van der Waals surface area contributed by atoms with E-state index in [1.165, 1.54) is 11.1 Å². The molecular weight excluding hydrogens is 364 g/mol. The lowest BCUT2D eigenvalue weighted by atomic mass is 10.1. The van der Waals surface area contributed by atoms with Crippen molar-refractivity contribution >= 4 is 11.6 Å². The highest BCUT2D eigenvalue weighted by Gasteiger charge is 2.06. The highest BCUT2D eigenvalue weighted by atomic mass is 16.5. The molecule has 6 heteroatoms. The van der Waals surface area contributed by atoms with Crippen molar-refractivity contribution in [2.75, 3.05) is 39.2 Å². The standard InChI is InChI=1S/C23H34N4O2/c1-6-24-23(26-20-13-14-21(28-4)22(15-20)29-5)25-16-18-9-11-19(12-10-18)17-27(7-2)8-3/h9-15H,6-8,16-17H2,1-5H3,(H2,24,25,26). The molecule has 0 radical (unpaired) electrons. The smallest absolute Gasteiger partial charge is 0.196 e.